The minimum atomic E-state index is -0.746. The number of nitrogens with two attached hydrogens (primary N) is 1. The summed E-state index contributed by atoms with van der Waals surface area (Å²) in [6.45, 7) is 7.06. The Kier molecular flexibility index (Phi) is 8.26. The number of hydrogen-bond acceptors (Lipinski definition) is 9. The largest absolute Gasteiger partial charge is 0.497 e. The highest BCUT2D eigenvalue weighted by molar-refractivity contribution is 5.94. The summed E-state index contributed by atoms with van der Waals surface area (Å²) < 4.78 is 16.7. The number of nitrogens with one attached hydrogen (secondary N) is 2. The van der Waals surface area contributed by atoms with Gasteiger partial charge in [-0.25, -0.2) is 4.98 Å². The molecule has 0 radical (unpaired) electrons. The van der Waals surface area contributed by atoms with Crippen molar-refractivity contribution in [1.82, 2.24) is 4.98 Å². The number of morpholine rings is 1. The van der Waals surface area contributed by atoms with Crippen molar-refractivity contribution in [3.05, 3.63) is 29.8 Å². The smallest absolute Gasteiger partial charge is 0.137 e. The molecule has 1 atom stereocenters. The molecule has 2 heterocycles. The van der Waals surface area contributed by atoms with Gasteiger partial charge in [0.25, 0.3) is 0 Å². The summed E-state index contributed by atoms with van der Waals surface area (Å²) in [6, 6.07) is 7.65. The Hall–Kier alpha value is -2.88. The summed E-state index contributed by atoms with van der Waals surface area (Å²) >= 11 is 0. The van der Waals surface area contributed by atoms with Gasteiger partial charge in [-0.1, -0.05) is 0 Å². The van der Waals surface area contributed by atoms with Gasteiger partial charge in [0, 0.05) is 43.5 Å². The third-order valence-corrected chi connectivity index (χ3v) is 5.08. The Morgan fingerprint density at radius 3 is 2.59 bits per heavy atom. The second-order valence-corrected chi connectivity index (χ2v) is 7.93. The van der Waals surface area contributed by atoms with E-state index in [1.807, 2.05) is 32.0 Å². The molecule has 2 aromatic rings. The van der Waals surface area contributed by atoms with Gasteiger partial charge >= 0.3 is 0 Å². The van der Waals surface area contributed by atoms with Crippen LogP contribution in [0.5, 0.6) is 11.5 Å². The summed E-state index contributed by atoms with van der Waals surface area (Å²) in [5, 5.41) is 21.2. The number of nitrogens with zero attached hydrogens (tertiary/aromatic N) is 2. The molecule has 1 fully saturated rings. The fourth-order valence-corrected chi connectivity index (χ4v) is 3.46. The molecular weight excluding hydrogens is 410 g/mol. The van der Waals surface area contributed by atoms with Crippen molar-refractivity contribution in [2.75, 3.05) is 56.8 Å². The van der Waals surface area contributed by atoms with Crippen LogP contribution in [-0.4, -0.2) is 75.0 Å². The van der Waals surface area contributed by atoms with E-state index in [-0.39, 0.29) is 19.2 Å². The summed E-state index contributed by atoms with van der Waals surface area (Å²) in [7, 11) is 1.59. The summed E-state index contributed by atoms with van der Waals surface area (Å²) in [5.41, 5.74) is 8.69. The first kappa shape index (κ1) is 23.8. The number of aromatic nitrogens is 1. The molecule has 174 valence electrons. The molecule has 1 aliphatic rings. The predicted octanol–water partition coefficient (Wildman–Crippen LogP) is 2.11. The van der Waals surface area contributed by atoms with Crippen molar-refractivity contribution < 1.29 is 19.3 Å². The SMILES string of the molecule is COc1cc(OCC(O)CN)cc(-c2cc(N3CCOCC3)c(C=N)c(NC(C)C)n2)c1. The van der Waals surface area contributed by atoms with Gasteiger partial charge < -0.3 is 40.7 Å². The van der Waals surface area contributed by atoms with Gasteiger partial charge in [-0.05, 0) is 32.0 Å². The molecule has 1 aliphatic heterocycles. The number of aliphatic hydroxyl groups excluding tert-OH is 1. The molecule has 0 aliphatic carbocycles. The number of methoxy groups -OCH3 is 1. The van der Waals surface area contributed by atoms with Gasteiger partial charge in [-0.15, -0.1) is 0 Å². The zero-order valence-electron chi connectivity index (χ0n) is 18.9. The maximum atomic E-state index is 9.75. The molecule has 1 saturated heterocycles. The topological polar surface area (TPSA) is 126 Å². The molecule has 1 unspecified atom stereocenters. The number of rotatable bonds is 10. The second-order valence-electron chi connectivity index (χ2n) is 7.93. The normalized spacial score (nSPS) is 14.9. The van der Waals surface area contributed by atoms with Crippen LogP contribution in [0.4, 0.5) is 11.5 Å². The maximum absolute atomic E-state index is 9.75. The number of anilines is 2. The first-order valence-electron chi connectivity index (χ1n) is 10.8. The van der Waals surface area contributed by atoms with Crippen molar-refractivity contribution in [1.29, 1.82) is 5.41 Å². The number of aliphatic hydroxyl groups is 1. The van der Waals surface area contributed by atoms with Crippen LogP contribution in [0.25, 0.3) is 11.3 Å². The van der Waals surface area contributed by atoms with E-state index >= 15 is 0 Å². The Morgan fingerprint density at radius 2 is 1.97 bits per heavy atom. The molecule has 32 heavy (non-hydrogen) atoms. The summed E-state index contributed by atoms with van der Waals surface area (Å²) in [6.07, 6.45) is 0.602. The maximum Gasteiger partial charge on any atom is 0.137 e. The van der Waals surface area contributed by atoms with E-state index in [4.69, 9.17) is 30.3 Å². The fourth-order valence-electron chi connectivity index (χ4n) is 3.46. The molecule has 3 rings (SSSR count). The molecule has 0 bridgehead atoms. The fraction of sp³-hybridized carbons (Fsp3) is 0.478. The van der Waals surface area contributed by atoms with E-state index in [1.165, 1.54) is 6.21 Å². The Morgan fingerprint density at radius 1 is 1.25 bits per heavy atom. The zero-order chi connectivity index (χ0) is 23.1. The van der Waals surface area contributed by atoms with E-state index in [2.05, 4.69) is 10.2 Å². The third-order valence-electron chi connectivity index (χ3n) is 5.08. The zero-order valence-corrected chi connectivity index (χ0v) is 18.9. The lowest BCUT2D eigenvalue weighted by atomic mass is 10.1. The Bertz CT molecular complexity index is 916. The van der Waals surface area contributed by atoms with E-state index in [9.17, 15) is 5.11 Å². The van der Waals surface area contributed by atoms with Crippen LogP contribution in [0, 0.1) is 5.41 Å². The lowest BCUT2D eigenvalue weighted by molar-refractivity contribution is 0.114. The number of ether oxygens (including phenoxy) is 3. The summed E-state index contributed by atoms with van der Waals surface area (Å²) in [5.74, 6) is 1.82. The lowest BCUT2D eigenvalue weighted by Gasteiger charge is -2.31. The molecule has 1 aromatic heterocycles. The van der Waals surface area contributed by atoms with Gasteiger partial charge in [0.2, 0.25) is 0 Å². The number of hydrogen-bond donors (Lipinski definition) is 4. The summed E-state index contributed by atoms with van der Waals surface area (Å²) in [4.78, 5) is 7.05. The second kappa shape index (κ2) is 11.1. The molecule has 1 aromatic carbocycles. The monoisotopic (exact) mass is 443 g/mol. The Labute approximate surface area is 189 Å². The molecular formula is C23H33N5O4. The van der Waals surface area contributed by atoms with Crippen molar-refractivity contribution in [2.24, 2.45) is 5.73 Å². The van der Waals surface area contributed by atoms with E-state index in [1.54, 1.807) is 13.2 Å². The minimum Gasteiger partial charge on any atom is -0.497 e. The van der Waals surface area contributed by atoms with Crippen LogP contribution in [0.3, 0.4) is 0 Å². The first-order valence-corrected chi connectivity index (χ1v) is 10.8. The molecule has 0 spiro atoms. The minimum absolute atomic E-state index is 0.0858. The van der Waals surface area contributed by atoms with Crippen LogP contribution >= 0.6 is 0 Å². The average molecular weight is 444 g/mol. The van der Waals surface area contributed by atoms with Crippen LogP contribution in [0.1, 0.15) is 19.4 Å². The highest BCUT2D eigenvalue weighted by Gasteiger charge is 2.20. The number of benzene rings is 1. The molecule has 0 amide bonds. The van der Waals surface area contributed by atoms with E-state index in [0.29, 0.717) is 30.5 Å². The predicted molar refractivity (Wildman–Crippen MR) is 126 cm³/mol. The van der Waals surface area contributed by atoms with Crippen molar-refractivity contribution in [2.45, 2.75) is 26.0 Å². The average Bonchev–Trinajstić information content (AvgIpc) is 2.81. The van der Waals surface area contributed by atoms with Crippen LogP contribution in [-0.2, 0) is 4.74 Å². The highest BCUT2D eigenvalue weighted by Crippen LogP contribution is 2.35. The molecule has 0 saturated carbocycles. The van der Waals surface area contributed by atoms with E-state index < -0.39 is 6.10 Å². The van der Waals surface area contributed by atoms with Gasteiger partial charge in [0.1, 0.15) is 30.0 Å². The molecule has 9 nitrogen and oxygen atoms in total. The molecule has 9 heteroatoms. The highest BCUT2D eigenvalue weighted by atomic mass is 16.5. The van der Waals surface area contributed by atoms with Gasteiger partial charge in [0.15, 0.2) is 0 Å². The van der Waals surface area contributed by atoms with Crippen molar-refractivity contribution in [3.8, 4) is 22.8 Å². The van der Waals surface area contributed by atoms with Gasteiger partial charge in [0.05, 0.1) is 37.3 Å². The lowest BCUT2D eigenvalue weighted by Crippen LogP contribution is -2.37. The Balaban J connectivity index is 2.08. The van der Waals surface area contributed by atoms with Gasteiger partial charge in [-0.3, -0.25) is 0 Å². The molecule has 5 N–H and O–H groups in total. The van der Waals surface area contributed by atoms with E-state index in [0.717, 1.165) is 35.6 Å². The van der Waals surface area contributed by atoms with Gasteiger partial charge in [-0.2, -0.15) is 0 Å². The third kappa shape index (κ3) is 5.87. The van der Waals surface area contributed by atoms with Crippen LogP contribution < -0.4 is 25.4 Å². The van der Waals surface area contributed by atoms with Crippen molar-refractivity contribution >= 4 is 17.7 Å². The first-order chi connectivity index (χ1) is 15.4. The standard InChI is InChI=1S/C23H33N5O4/c1-15(2)26-23-20(13-25)22(28-4-6-31-7-5-28)11-21(27-23)16-8-18(30-3)10-19(9-16)32-14-17(29)12-24/h8-11,13,15,17,25,29H,4-7,12,14,24H2,1-3H3,(H,26,27). The number of pyridine rings is 1. The van der Waals surface area contributed by atoms with Crippen LogP contribution in [0.2, 0.25) is 0 Å². The van der Waals surface area contributed by atoms with Crippen LogP contribution in [0.15, 0.2) is 24.3 Å². The quantitative estimate of drug-likeness (QED) is 0.412. The van der Waals surface area contributed by atoms with Crippen molar-refractivity contribution in [3.63, 3.8) is 0 Å².